The molecule has 4 nitrogen and oxygen atoms in total. The maximum atomic E-state index is 13.7. The molecule has 0 spiro atoms. The van der Waals surface area contributed by atoms with Crippen molar-refractivity contribution in [1.82, 2.24) is 14.8 Å². The van der Waals surface area contributed by atoms with Crippen molar-refractivity contribution in [3.05, 3.63) is 71.3 Å². The largest absolute Gasteiger partial charge is 0.343 e. The predicted octanol–water partition coefficient (Wildman–Crippen LogP) is 5.87. The molecule has 2 heterocycles. The van der Waals surface area contributed by atoms with E-state index < -0.39 is 30.7 Å². The lowest BCUT2D eigenvalue weighted by Crippen LogP contribution is -2.15. The molecule has 3 aromatic rings. The van der Waals surface area contributed by atoms with Gasteiger partial charge >= 0.3 is 0 Å². The smallest absolute Gasteiger partial charge is 0.282 e. The van der Waals surface area contributed by atoms with Crippen molar-refractivity contribution in [3.63, 3.8) is 0 Å². The molecule has 2 aromatic heterocycles. The molecule has 1 N–H and O–H groups in total. The number of thiocarbonyl (C=S) groups is 1. The van der Waals surface area contributed by atoms with Crippen LogP contribution in [0.4, 0.5) is 32.0 Å². The fraction of sp³-hybridized carbons (Fsp3) is 0.167. The summed E-state index contributed by atoms with van der Waals surface area (Å²) < 4.78 is 80.3. The van der Waals surface area contributed by atoms with Crippen LogP contribution in [-0.4, -0.2) is 19.8 Å². The second-order valence-electron chi connectivity index (χ2n) is 5.74. The molecule has 0 aliphatic heterocycles. The lowest BCUT2D eigenvalue weighted by molar-refractivity contribution is 0.143. The molecule has 152 valence electrons. The van der Waals surface area contributed by atoms with Crippen LogP contribution < -0.4 is 5.32 Å². The first-order valence-corrected chi connectivity index (χ1v) is 8.49. The summed E-state index contributed by atoms with van der Waals surface area (Å²) in [5, 5.41) is 6.30. The van der Waals surface area contributed by atoms with Gasteiger partial charge in [0.15, 0.2) is 0 Å². The number of alkyl halides is 6. The van der Waals surface area contributed by atoms with Crippen molar-refractivity contribution in [2.75, 3.05) is 5.32 Å². The van der Waals surface area contributed by atoms with Crippen LogP contribution in [0.15, 0.2) is 48.8 Å². The summed E-state index contributed by atoms with van der Waals surface area (Å²) in [5.74, 6) is 0. The zero-order chi connectivity index (χ0) is 21.1. The Morgan fingerprint density at radius 2 is 1.72 bits per heavy atom. The summed E-state index contributed by atoms with van der Waals surface area (Å²) in [6, 6.07) is 7.47. The summed E-state index contributed by atoms with van der Waals surface area (Å²) in [7, 11) is 0. The van der Waals surface area contributed by atoms with Gasteiger partial charge in [0.25, 0.3) is 19.3 Å². The van der Waals surface area contributed by atoms with E-state index in [0.29, 0.717) is 0 Å². The highest BCUT2D eigenvalue weighted by atomic mass is 32.1. The molecule has 1 aromatic carbocycles. The highest BCUT2D eigenvalue weighted by Gasteiger charge is 2.24. The molecule has 0 aliphatic carbocycles. The number of nitrogens with zero attached hydrogens (tertiary/aromatic N) is 3. The second-order valence-corrected chi connectivity index (χ2v) is 6.15. The molecular weight excluding hydrogens is 418 g/mol. The zero-order valence-electron chi connectivity index (χ0n) is 14.4. The van der Waals surface area contributed by atoms with Crippen LogP contribution in [0.3, 0.4) is 0 Å². The molecule has 0 atom stereocenters. The number of anilines is 1. The molecule has 0 radical (unpaired) electrons. The Balaban J connectivity index is 1.98. The number of aromatic nitrogens is 3. The highest BCUT2D eigenvalue weighted by molar-refractivity contribution is 7.81. The van der Waals surface area contributed by atoms with Gasteiger partial charge < -0.3 is 5.32 Å². The van der Waals surface area contributed by atoms with Gasteiger partial charge in [0.1, 0.15) is 16.4 Å². The van der Waals surface area contributed by atoms with Crippen molar-refractivity contribution in [1.29, 1.82) is 0 Å². The quantitative estimate of drug-likeness (QED) is 0.393. The van der Waals surface area contributed by atoms with E-state index in [4.69, 9.17) is 12.2 Å². The van der Waals surface area contributed by atoms with Gasteiger partial charge in [-0.25, -0.2) is 31.0 Å². The molecular formula is C18H12F6N4S. The third-order valence-corrected chi connectivity index (χ3v) is 4.24. The van der Waals surface area contributed by atoms with Crippen molar-refractivity contribution in [2.24, 2.45) is 0 Å². The van der Waals surface area contributed by atoms with E-state index in [9.17, 15) is 26.3 Å². The van der Waals surface area contributed by atoms with Crippen molar-refractivity contribution >= 4 is 22.9 Å². The standard InChI is InChI=1S/C18H12F6N4S/c19-15(20)9-3-1-4-10(7-9)28-14(17(23)24)12(8-26-28)27-18(29)11-5-2-6-25-13(11)16(21)22/h1-8,15-17H,(H,27,29). The Kier molecular flexibility index (Phi) is 6.16. The maximum Gasteiger partial charge on any atom is 0.282 e. The molecule has 0 unspecified atom stereocenters. The first-order valence-electron chi connectivity index (χ1n) is 8.08. The number of benzene rings is 1. The normalized spacial score (nSPS) is 11.5. The van der Waals surface area contributed by atoms with E-state index >= 15 is 0 Å². The molecule has 0 fully saturated rings. The van der Waals surface area contributed by atoms with Gasteiger partial charge in [0, 0.05) is 17.3 Å². The molecule has 11 heteroatoms. The van der Waals surface area contributed by atoms with Gasteiger partial charge in [-0.2, -0.15) is 5.10 Å². The topological polar surface area (TPSA) is 42.7 Å². The second kappa shape index (κ2) is 8.60. The SMILES string of the molecule is FC(F)c1cccc(-n2ncc(NC(=S)c3cccnc3C(F)F)c2C(F)F)c1. The molecule has 0 amide bonds. The first kappa shape index (κ1) is 20.8. The first-order chi connectivity index (χ1) is 13.8. The number of hydrogen-bond donors (Lipinski definition) is 1. The van der Waals surface area contributed by atoms with E-state index in [0.717, 1.165) is 29.2 Å². The molecule has 29 heavy (non-hydrogen) atoms. The minimum Gasteiger partial charge on any atom is -0.343 e. The third kappa shape index (κ3) is 4.39. The summed E-state index contributed by atoms with van der Waals surface area (Å²) in [4.78, 5) is 3.31. The van der Waals surface area contributed by atoms with Gasteiger partial charge in [0.2, 0.25) is 0 Å². The van der Waals surface area contributed by atoms with Crippen LogP contribution >= 0.6 is 12.2 Å². The Morgan fingerprint density at radius 3 is 2.38 bits per heavy atom. The molecule has 0 bridgehead atoms. The molecule has 0 saturated heterocycles. The number of hydrogen-bond acceptors (Lipinski definition) is 3. The van der Waals surface area contributed by atoms with Gasteiger partial charge in [-0.05, 0) is 24.3 Å². The Bertz CT molecular complexity index is 1020. The lowest BCUT2D eigenvalue weighted by atomic mass is 10.2. The average molecular weight is 430 g/mol. The van der Waals surface area contributed by atoms with Crippen LogP contribution in [0.25, 0.3) is 5.69 Å². The van der Waals surface area contributed by atoms with E-state index in [1.165, 1.54) is 24.3 Å². The Labute approximate surface area is 166 Å². The Morgan fingerprint density at radius 1 is 0.966 bits per heavy atom. The van der Waals surface area contributed by atoms with E-state index in [1.54, 1.807) is 0 Å². The van der Waals surface area contributed by atoms with Crippen LogP contribution in [0.2, 0.25) is 0 Å². The highest BCUT2D eigenvalue weighted by Crippen LogP contribution is 2.31. The zero-order valence-corrected chi connectivity index (χ0v) is 15.2. The summed E-state index contributed by atoms with van der Waals surface area (Å²) >= 11 is 5.07. The summed E-state index contributed by atoms with van der Waals surface area (Å²) in [5.41, 5.74) is -1.98. The number of rotatable bonds is 6. The van der Waals surface area contributed by atoms with E-state index in [2.05, 4.69) is 15.4 Å². The predicted molar refractivity (Wildman–Crippen MR) is 98.0 cm³/mol. The number of halogens is 6. The minimum atomic E-state index is -3.05. The van der Waals surface area contributed by atoms with Crippen LogP contribution in [-0.2, 0) is 0 Å². The van der Waals surface area contributed by atoms with Crippen molar-refractivity contribution in [2.45, 2.75) is 19.3 Å². The fourth-order valence-corrected chi connectivity index (χ4v) is 2.92. The number of pyridine rings is 1. The Hall–Kier alpha value is -2.95. The van der Waals surface area contributed by atoms with Gasteiger partial charge in [-0.15, -0.1) is 0 Å². The summed E-state index contributed by atoms with van der Waals surface area (Å²) in [6.45, 7) is 0. The molecule has 0 aliphatic rings. The number of nitrogens with one attached hydrogen (secondary N) is 1. The fourth-order valence-electron chi connectivity index (χ4n) is 2.64. The maximum absolute atomic E-state index is 13.7. The van der Waals surface area contributed by atoms with Gasteiger partial charge in [0.05, 0.1) is 17.6 Å². The molecule has 3 rings (SSSR count). The molecule has 0 saturated carbocycles. The van der Waals surface area contributed by atoms with Crippen LogP contribution in [0.1, 0.15) is 41.8 Å². The van der Waals surface area contributed by atoms with Crippen LogP contribution in [0, 0.1) is 0 Å². The minimum absolute atomic E-state index is 0.00767. The summed E-state index contributed by atoms with van der Waals surface area (Å²) in [6.07, 6.45) is -6.58. The van der Waals surface area contributed by atoms with Gasteiger partial charge in [-0.3, -0.25) is 4.98 Å². The average Bonchev–Trinajstić information content (AvgIpc) is 3.11. The lowest BCUT2D eigenvalue weighted by Gasteiger charge is -2.13. The van der Waals surface area contributed by atoms with Crippen molar-refractivity contribution < 1.29 is 26.3 Å². The van der Waals surface area contributed by atoms with E-state index in [1.807, 2.05) is 0 Å². The van der Waals surface area contributed by atoms with E-state index in [-0.39, 0.29) is 27.5 Å². The monoisotopic (exact) mass is 430 g/mol. The van der Waals surface area contributed by atoms with Gasteiger partial charge in [-0.1, -0.05) is 24.4 Å². The van der Waals surface area contributed by atoms with Crippen molar-refractivity contribution in [3.8, 4) is 5.69 Å². The van der Waals surface area contributed by atoms with Crippen LogP contribution in [0.5, 0.6) is 0 Å². The third-order valence-electron chi connectivity index (χ3n) is 3.92.